The third-order valence-electron chi connectivity index (χ3n) is 4.83. The van der Waals surface area contributed by atoms with E-state index in [2.05, 4.69) is 4.90 Å². The minimum atomic E-state index is -0.282. The van der Waals surface area contributed by atoms with Gasteiger partial charge in [0.15, 0.2) is 0 Å². The Bertz CT molecular complexity index is 703. The predicted octanol–water partition coefficient (Wildman–Crippen LogP) is 1.66. The molecule has 1 aromatic carbocycles. The molecule has 7 nitrogen and oxygen atoms in total. The van der Waals surface area contributed by atoms with Crippen LogP contribution in [-0.4, -0.2) is 78.9 Å². The van der Waals surface area contributed by atoms with Crippen LogP contribution < -0.4 is 4.90 Å². The van der Waals surface area contributed by atoms with Crippen LogP contribution in [0, 0.1) is 0 Å². The molecule has 2 aliphatic heterocycles. The van der Waals surface area contributed by atoms with Crippen LogP contribution in [-0.2, 0) is 9.59 Å². The second kappa shape index (κ2) is 7.95. The molecule has 0 aliphatic carbocycles. The standard InChI is InChI=1S/C18H23ClN4O3/c1-20-13-17(25)23(18(20)26)8-4-7-16(24)22-11-9-21(10-12-22)15-6-3-2-5-14(15)19/h2-3,5-6H,4,7-13H2,1H3. The summed E-state index contributed by atoms with van der Waals surface area (Å²) in [6.45, 7) is 3.19. The summed E-state index contributed by atoms with van der Waals surface area (Å²) in [5.41, 5.74) is 0.997. The lowest BCUT2D eigenvalue weighted by Gasteiger charge is -2.36. The Morgan fingerprint density at radius 1 is 1.12 bits per heavy atom. The fourth-order valence-corrected chi connectivity index (χ4v) is 3.60. The lowest BCUT2D eigenvalue weighted by Crippen LogP contribution is -2.49. The maximum atomic E-state index is 12.4. The van der Waals surface area contributed by atoms with E-state index < -0.39 is 0 Å². The normalized spacial score (nSPS) is 18.1. The minimum absolute atomic E-state index is 0.0660. The molecular formula is C18H23ClN4O3. The largest absolute Gasteiger partial charge is 0.367 e. The SMILES string of the molecule is CN1CC(=O)N(CCCC(=O)N2CCN(c3ccccc3Cl)CC2)C1=O. The summed E-state index contributed by atoms with van der Waals surface area (Å²) >= 11 is 6.24. The molecule has 2 saturated heterocycles. The highest BCUT2D eigenvalue weighted by Crippen LogP contribution is 2.26. The van der Waals surface area contributed by atoms with Crippen molar-refractivity contribution in [3.05, 3.63) is 29.3 Å². The first-order chi connectivity index (χ1) is 12.5. The highest BCUT2D eigenvalue weighted by atomic mass is 35.5. The Kier molecular flexibility index (Phi) is 5.66. The number of carbonyl (C=O) groups excluding carboxylic acids is 3. The molecule has 0 saturated carbocycles. The molecule has 4 amide bonds. The fraction of sp³-hybridized carbons (Fsp3) is 0.500. The number of anilines is 1. The first kappa shape index (κ1) is 18.5. The number of piperazine rings is 1. The Morgan fingerprint density at radius 3 is 2.42 bits per heavy atom. The molecule has 0 aromatic heterocycles. The van der Waals surface area contributed by atoms with Gasteiger partial charge < -0.3 is 14.7 Å². The Morgan fingerprint density at radius 2 is 1.81 bits per heavy atom. The number of hydrogen-bond donors (Lipinski definition) is 0. The van der Waals surface area contributed by atoms with E-state index in [1.807, 2.05) is 29.2 Å². The van der Waals surface area contributed by atoms with Crippen LogP contribution in [0.1, 0.15) is 12.8 Å². The minimum Gasteiger partial charge on any atom is -0.367 e. The number of hydrogen-bond acceptors (Lipinski definition) is 4. The van der Waals surface area contributed by atoms with E-state index in [0.29, 0.717) is 32.5 Å². The van der Waals surface area contributed by atoms with E-state index in [1.165, 1.54) is 9.80 Å². The van der Waals surface area contributed by atoms with Crippen molar-refractivity contribution in [2.45, 2.75) is 12.8 Å². The molecule has 3 rings (SSSR count). The van der Waals surface area contributed by atoms with E-state index in [4.69, 9.17) is 11.6 Å². The van der Waals surface area contributed by atoms with Crippen LogP contribution in [0.4, 0.5) is 10.5 Å². The Labute approximate surface area is 158 Å². The highest BCUT2D eigenvalue weighted by Gasteiger charge is 2.33. The Balaban J connectivity index is 1.43. The number of likely N-dealkylation sites (N-methyl/N-ethyl adjacent to an activating group) is 1. The zero-order chi connectivity index (χ0) is 18.7. The average molecular weight is 379 g/mol. The number of benzene rings is 1. The van der Waals surface area contributed by atoms with Gasteiger partial charge in [-0.3, -0.25) is 14.5 Å². The molecule has 1 aromatic rings. The molecule has 0 unspecified atom stereocenters. The van der Waals surface area contributed by atoms with E-state index in [0.717, 1.165) is 23.8 Å². The van der Waals surface area contributed by atoms with E-state index in [1.54, 1.807) is 7.05 Å². The molecule has 2 fully saturated rings. The summed E-state index contributed by atoms with van der Waals surface area (Å²) < 4.78 is 0. The molecule has 8 heteroatoms. The molecule has 140 valence electrons. The number of halogens is 1. The molecule has 2 heterocycles. The summed E-state index contributed by atoms with van der Waals surface area (Å²) in [6, 6.07) is 7.43. The molecule has 0 spiro atoms. The van der Waals surface area contributed by atoms with Crippen LogP contribution in [0.15, 0.2) is 24.3 Å². The van der Waals surface area contributed by atoms with Crippen molar-refractivity contribution < 1.29 is 14.4 Å². The van der Waals surface area contributed by atoms with Gasteiger partial charge in [0.1, 0.15) is 6.54 Å². The van der Waals surface area contributed by atoms with Crippen molar-refractivity contribution in [1.82, 2.24) is 14.7 Å². The van der Waals surface area contributed by atoms with Gasteiger partial charge in [0.2, 0.25) is 11.8 Å². The smallest absolute Gasteiger partial charge is 0.326 e. The molecule has 2 aliphatic rings. The van der Waals surface area contributed by atoms with Crippen molar-refractivity contribution in [3.8, 4) is 0 Å². The topological polar surface area (TPSA) is 64.2 Å². The van der Waals surface area contributed by atoms with Gasteiger partial charge >= 0.3 is 6.03 Å². The quantitative estimate of drug-likeness (QED) is 0.731. The van der Waals surface area contributed by atoms with E-state index in [-0.39, 0.29) is 24.4 Å². The van der Waals surface area contributed by atoms with Gasteiger partial charge in [-0.25, -0.2) is 4.79 Å². The van der Waals surface area contributed by atoms with Gasteiger partial charge in [-0.05, 0) is 18.6 Å². The van der Waals surface area contributed by atoms with Crippen LogP contribution >= 0.6 is 11.6 Å². The zero-order valence-electron chi connectivity index (χ0n) is 14.9. The third-order valence-corrected chi connectivity index (χ3v) is 5.15. The number of para-hydroxylation sites is 1. The molecule has 0 bridgehead atoms. The number of urea groups is 1. The van der Waals surface area contributed by atoms with Crippen molar-refractivity contribution in [2.75, 3.05) is 51.2 Å². The number of carbonyl (C=O) groups is 3. The maximum absolute atomic E-state index is 12.4. The second-order valence-corrected chi connectivity index (χ2v) is 7.01. The summed E-state index contributed by atoms with van der Waals surface area (Å²) in [6.07, 6.45) is 0.835. The van der Waals surface area contributed by atoms with Crippen molar-refractivity contribution in [2.24, 2.45) is 0 Å². The lowest BCUT2D eigenvalue weighted by molar-refractivity contribution is -0.132. The van der Waals surface area contributed by atoms with Crippen LogP contribution in [0.2, 0.25) is 5.02 Å². The molecule has 26 heavy (non-hydrogen) atoms. The number of imide groups is 1. The predicted molar refractivity (Wildman–Crippen MR) is 99.2 cm³/mol. The molecule has 0 N–H and O–H groups in total. The van der Waals surface area contributed by atoms with Gasteiger partial charge in [0.25, 0.3) is 0 Å². The monoisotopic (exact) mass is 378 g/mol. The van der Waals surface area contributed by atoms with Gasteiger partial charge in [-0.15, -0.1) is 0 Å². The van der Waals surface area contributed by atoms with Crippen molar-refractivity contribution >= 4 is 35.1 Å². The first-order valence-corrected chi connectivity index (χ1v) is 9.18. The van der Waals surface area contributed by atoms with Crippen LogP contribution in [0.3, 0.4) is 0 Å². The summed E-state index contributed by atoms with van der Waals surface area (Å²) in [5.74, 6) is -0.130. The van der Waals surface area contributed by atoms with E-state index >= 15 is 0 Å². The zero-order valence-corrected chi connectivity index (χ0v) is 15.6. The van der Waals surface area contributed by atoms with Crippen LogP contribution in [0.25, 0.3) is 0 Å². The molecule has 0 atom stereocenters. The highest BCUT2D eigenvalue weighted by molar-refractivity contribution is 6.33. The maximum Gasteiger partial charge on any atom is 0.326 e. The van der Waals surface area contributed by atoms with Gasteiger partial charge in [-0.2, -0.15) is 0 Å². The lowest BCUT2D eigenvalue weighted by atomic mass is 10.2. The number of rotatable bonds is 5. The van der Waals surface area contributed by atoms with Crippen LogP contribution in [0.5, 0.6) is 0 Å². The summed E-state index contributed by atoms with van der Waals surface area (Å²) in [5, 5.41) is 0.720. The summed E-state index contributed by atoms with van der Waals surface area (Å²) in [4.78, 5) is 42.6. The Hall–Kier alpha value is -2.28. The van der Waals surface area contributed by atoms with Crippen molar-refractivity contribution in [3.63, 3.8) is 0 Å². The second-order valence-electron chi connectivity index (χ2n) is 6.61. The molecular weight excluding hydrogens is 356 g/mol. The summed E-state index contributed by atoms with van der Waals surface area (Å²) in [7, 11) is 1.60. The van der Waals surface area contributed by atoms with E-state index in [9.17, 15) is 14.4 Å². The van der Waals surface area contributed by atoms with Crippen molar-refractivity contribution in [1.29, 1.82) is 0 Å². The first-order valence-electron chi connectivity index (χ1n) is 8.80. The van der Waals surface area contributed by atoms with Gasteiger partial charge in [0, 0.05) is 46.2 Å². The average Bonchev–Trinajstić information content (AvgIpc) is 2.88. The third kappa shape index (κ3) is 3.93. The molecule has 0 radical (unpaired) electrons. The van der Waals surface area contributed by atoms with Gasteiger partial charge in [0.05, 0.1) is 10.7 Å². The fourth-order valence-electron chi connectivity index (χ4n) is 3.34. The number of nitrogens with zero attached hydrogens (tertiary/aromatic N) is 4. The van der Waals surface area contributed by atoms with Gasteiger partial charge in [-0.1, -0.05) is 23.7 Å². The number of amides is 4.